The molecule has 0 aromatic heterocycles. The molecule has 0 spiro atoms. The number of amides is 3. The summed E-state index contributed by atoms with van der Waals surface area (Å²) in [5, 5.41) is 17.4. The Bertz CT molecular complexity index is 626. The quantitative estimate of drug-likeness (QED) is 0.192. The highest BCUT2D eigenvalue weighted by molar-refractivity contribution is 5.94. The third-order valence-corrected chi connectivity index (χ3v) is 5.62. The van der Waals surface area contributed by atoms with Crippen molar-refractivity contribution in [3.63, 3.8) is 0 Å². The van der Waals surface area contributed by atoms with Crippen molar-refractivity contribution < 1.29 is 24.3 Å². The van der Waals surface area contributed by atoms with E-state index in [1.54, 1.807) is 20.8 Å². The van der Waals surface area contributed by atoms with E-state index in [1.165, 1.54) is 0 Å². The van der Waals surface area contributed by atoms with Gasteiger partial charge < -0.3 is 32.5 Å². The van der Waals surface area contributed by atoms with Crippen molar-refractivity contribution in [2.75, 3.05) is 6.54 Å². The third kappa shape index (κ3) is 9.95. The Morgan fingerprint density at radius 1 is 0.812 bits per heavy atom. The average Bonchev–Trinajstić information content (AvgIpc) is 2.72. The molecule has 0 heterocycles. The van der Waals surface area contributed by atoms with Crippen LogP contribution in [0.1, 0.15) is 67.2 Å². The van der Waals surface area contributed by atoms with Gasteiger partial charge in [0.25, 0.3) is 0 Å². The first-order valence-corrected chi connectivity index (χ1v) is 11.5. The number of nitrogens with one attached hydrogen (secondary N) is 3. The normalized spacial score (nSPS) is 16.1. The largest absolute Gasteiger partial charge is 0.480 e. The van der Waals surface area contributed by atoms with Crippen LogP contribution in [0.5, 0.6) is 0 Å². The van der Waals surface area contributed by atoms with Gasteiger partial charge in [0, 0.05) is 0 Å². The molecular formula is C22H43N5O5. The Hall–Kier alpha value is -2.20. The van der Waals surface area contributed by atoms with Crippen LogP contribution in [-0.2, 0) is 19.2 Å². The van der Waals surface area contributed by atoms with E-state index in [0.717, 1.165) is 0 Å². The molecule has 5 atom stereocenters. The number of hydrogen-bond donors (Lipinski definition) is 6. The summed E-state index contributed by atoms with van der Waals surface area (Å²) >= 11 is 0. The van der Waals surface area contributed by atoms with Gasteiger partial charge in [0.05, 0.1) is 6.04 Å². The van der Waals surface area contributed by atoms with E-state index in [9.17, 15) is 24.3 Å². The minimum Gasteiger partial charge on any atom is -0.480 e. The summed E-state index contributed by atoms with van der Waals surface area (Å²) in [5.74, 6) is -3.26. The van der Waals surface area contributed by atoms with Gasteiger partial charge in [-0.1, -0.05) is 48.0 Å². The molecule has 0 bridgehead atoms. The van der Waals surface area contributed by atoms with Gasteiger partial charge in [0.1, 0.15) is 18.1 Å². The summed E-state index contributed by atoms with van der Waals surface area (Å²) in [4.78, 5) is 49.9. The van der Waals surface area contributed by atoms with Crippen molar-refractivity contribution >= 4 is 23.7 Å². The lowest BCUT2D eigenvalue weighted by Gasteiger charge is -2.29. The summed E-state index contributed by atoms with van der Waals surface area (Å²) < 4.78 is 0. The van der Waals surface area contributed by atoms with Crippen LogP contribution in [0, 0.1) is 17.8 Å². The van der Waals surface area contributed by atoms with Crippen LogP contribution >= 0.6 is 0 Å². The average molecular weight is 458 g/mol. The molecule has 8 N–H and O–H groups in total. The van der Waals surface area contributed by atoms with Crippen molar-refractivity contribution in [1.29, 1.82) is 0 Å². The van der Waals surface area contributed by atoms with E-state index in [2.05, 4.69) is 16.0 Å². The van der Waals surface area contributed by atoms with Crippen LogP contribution in [0.3, 0.4) is 0 Å². The molecular weight excluding hydrogens is 414 g/mol. The number of carboxylic acids is 1. The molecule has 5 unspecified atom stereocenters. The number of rotatable bonds is 15. The Morgan fingerprint density at radius 3 is 1.78 bits per heavy atom. The number of carbonyl (C=O) groups is 4. The second kappa shape index (κ2) is 14.8. The monoisotopic (exact) mass is 457 g/mol. The summed E-state index contributed by atoms with van der Waals surface area (Å²) in [6, 6.07) is -3.66. The molecule has 0 aromatic rings. The molecule has 10 nitrogen and oxygen atoms in total. The highest BCUT2D eigenvalue weighted by Crippen LogP contribution is 2.12. The van der Waals surface area contributed by atoms with Gasteiger partial charge in [-0.2, -0.15) is 0 Å². The Morgan fingerprint density at radius 2 is 1.34 bits per heavy atom. The van der Waals surface area contributed by atoms with Crippen molar-refractivity contribution in [3.8, 4) is 0 Å². The molecule has 0 aromatic carbocycles. The van der Waals surface area contributed by atoms with E-state index in [4.69, 9.17) is 11.5 Å². The van der Waals surface area contributed by atoms with Crippen LogP contribution in [-0.4, -0.2) is 59.5 Å². The summed E-state index contributed by atoms with van der Waals surface area (Å²) in [7, 11) is 0. The predicted octanol–water partition coefficient (Wildman–Crippen LogP) is 0.340. The zero-order chi connectivity index (χ0) is 25.0. The molecule has 0 saturated carbocycles. The maximum Gasteiger partial charge on any atom is 0.326 e. The van der Waals surface area contributed by atoms with Gasteiger partial charge in [-0.25, -0.2) is 4.79 Å². The number of nitrogens with two attached hydrogens (primary N) is 2. The SMILES string of the molecule is CCC(C)C(NC(=O)C(NC(=O)C(N)C(C)C)C(C)C)C(=O)NC(CCCCN)C(=O)O. The fourth-order valence-electron chi connectivity index (χ4n) is 3.04. The minimum atomic E-state index is -1.14. The van der Waals surface area contributed by atoms with E-state index in [0.29, 0.717) is 25.8 Å². The summed E-state index contributed by atoms with van der Waals surface area (Å²) in [6.07, 6.45) is 2.04. The molecule has 3 amide bonds. The van der Waals surface area contributed by atoms with Gasteiger partial charge in [0.15, 0.2) is 0 Å². The van der Waals surface area contributed by atoms with Crippen LogP contribution < -0.4 is 27.4 Å². The van der Waals surface area contributed by atoms with Crippen molar-refractivity contribution in [1.82, 2.24) is 16.0 Å². The fraction of sp³-hybridized carbons (Fsp3) is 0.818. The highest BCUT2D eigenvalue weighted by Gasteiger charge is 2.33. The van der Waals surface area contributed by atoms with Crippen molar-refractivity contribution in [2.45, 2.75) is 91.4 Å². The predicted molar refractivity (Wildman–Crippen MR) is 123 cm³/mol. The molecule has 0 aliphatic carbocycles. The van der Waals surface area contributed by atoms with E-state index >= 15 is 0 Å². The second-order valence-corrected chi connectivity index (χ2v) is 9.06. The molecule has 0 aliphatic heterocycles. The van der Waals surface area contributed by atoms with Crippen molar-refractivity contribution in [2.24, 2.45) is 29.2 Å². The molecule has 0 radical (unpaired) electrons. The zero-order valence-electron chi connectivity index (χ0n) is 20.3. The lowest BCUT2D eigenvalue weighted by Crippen LogP contribution is -2.60. The Labute approximate surface area is 191 Å². The fourth-order valence-corrected chi connectivity index (χ4v) is 3.04. The van der Waals surface area contributed by atoms with Gasteiger partial charge in [0.2, 0.25) is 17.7 Å². The Balaban J connectivity index is 5.44. The molecule has 10 heteroatoms. The van der Waals surface area contributed by atoms with Gasteiger partial charge in [-0.05, 0) is 43.6 Å². The first kappa shape index (κ1) is 29.8. The molecule has 186 valence electrons. The van der Waals surface area contributed by atoms with Crippen LogP contribution in [0.4, 0.5) is 0 Å². The maximum absolute atomic E-state index is 13.0. The molecule has 32 heavy (non-hydrogen) atoms. The number of unbranched alkanes of at least 4 members (excludes halogenated alkanes) is 1. The van der Waals surface area contributed by atoms with Gasteiger partial charge in [-0.15, -0.1) is 0 Å². The third-order valence-electron chi connectivity index (χ3n) is 5.62. The molecule has 0 fully saturated rings. The van der Waals surface area contributed by atoms with Crippen LogP contribution in [0.25, 0.3) is 0 Å². The zero-order valence-corrected chi connectivity index (χ0v) is 20.3. The van der Waals surface area contributed by atoms with E-state index in [-0.39, 0.29) is 24.2 Å². The second-order valence-electron chi connectivity index (χ2n) is 9.06. The number of aliphatic carboxylic acids is 1. The lowest BCUT2D eigenvalue weighted by molar-refractivity contribution is -0.143. The molecule has 0 aliphatic rings. The van der Waals surface area contributed by atoms with Gasteiger partial charge >= 0.3 is 5.97 Å². The van der Waals surface area contributed by atoms with Crippen LogP contribution in [0.15, 0.2) is 0 Å². The smallest absolute Gasteiger partial charge is 0.326 e. The highest BCUT2D eigenvalue weighted by atomic mass is 16.4. The maximum atomic E-state index is 13.0. The summed E-state index contributed by atoms with van der Waals surface area (Å²) in [5.41, 5.74) is 11.3. The molecule has 0 rings (SSSR count). The van der Waals surface area contributed by atoms with Crippen LogP contribution in [0.2, 0.25) is 0 Å². The summed E-state index contributed by atoms with van der Waals surface area (Å²) in [6.45, 7) is 11.3. The van der Waals surface area contributed by atoms with E-state index in [1.807, 2.05) is 20.8 Å². The van der Waals surface area contributed by atoms with Gasteiger partial charge in [-0.3, -0.25) is 14.4 Å². The molecule has 0 saturated heterocycles. The topological polar surface area (TPSA) is 177 Å². The first-order valence-electron chi connectivity index (χ1n) is 11.5. The Kier molecular flexibility index (Phi) is 13.8. The number of hydrogen-bond acceptors (Lipinski definition) is 6. The number of carboxylic acid groups (broad SMARTS) is 1. The van der Waals surface area contributed by atoms with E-state index < -0.39 is 47.9 Å². The minimum absolute atomic E-state index is 0.100. The first-order chi connectivity index (χ1) is 14.9. The van der Waals surface area contributed by atoms with Crippen molar-refractivity contribution in [3.05, 3.63) is 0 Å². The standard InChI is InChI=1S/C22H43N5O5/c1-7-14(6)18(21(30)25-15(22(31)32)10-8-9-11-23)27-20(29)17(13(4)5)26-19(28)16(24)12(2)3/h12-18H,7-11,23-24H2,1-6H3,(H,25,30)(H,26,28)(H,27,29)(H,31,32). The number of carbonyl (C=O) groups excluding carboxylic acids is 3. The lowest BCUT2D eigenvalue weighted by atomic mass is 9.95.